The Morgan fingerprint density at radius 3 is 2.48 bits per heavy atom. The van der Waals surface area contributed by atoms with E-state index in [1.807, 2.05) is 24.3 Å². The summed E-state index contributed by atoms with van der Waals surface area (Å²) in [5.41, 5.74) is 1.57. The molecule has 134 valence electrons. The monoisotopic (exact) mass is 398 g/mol. The summed E-state index contributed by atoms with van der Waals surface area (Å²) in [4.78, 5) is 13.3. The first kappa shape index (κ1) is 19.6. The normalized spacial score (nSPS) is 11.2. The summed E-state index contributed by atoms with van der Waals surface area (Å²) in [6.07, 6.45) is 1.08. The van der Waals surface area contributed by atoms with Crippen LogP contribution in [0, 0.1) is 6.92 Å². The van der Waals surface area contributed by atoms with Crippen molar-refractivity contribution in [3.05, 3.63) is 58.6 Å². The predicted octanol–water partition coefficient (Wildman–Crippen LogP) is 3.54. The van der Waals surface area contributed by atoms with Crippen molar-refractivity contribution in [1.82, 2.24) is 5.32 Å². The van der Waals surface area contributed by atoms with Crippen LogP contribution in [0.1, 0.15) is 15.9 Å². The molecule has 0 aliphatic rings. The van der Waals surface area contributed by atoms with Crippen LogP contribution in [-0.2, 0) is 10.0 Å². The third kappa shape index (κ3) is 6.61. The van der Waals surface area contributed by atoms with E-state index in [1.165, 1.54) is 6.07 Å². The van der Waals surface area contributed by atoms with Crippen LogP contribution in [0.5, 0.6) is 0 Å². The molecule has 0 heterocycles. The van der Waals surface area contributed by atoms with Gasteiger partial charge in [-0.15, -0.1) is 11.8 Å². The molecule has 8 heteroatoms. The van der Waals surface area contributed by atoms with Gasteiger partial charge in [0.25, 0.3) is 5.91 Å². The van der Waals surface area contributed by atoms with Crippen LogP contribution < -0.4 is 10.0 Å². The van der Waals surface area contributed by atoms with E-state index >= 15 is 0 Å². The third-order valence-corrected chi connectivity index (χ3v) is 5.12. The number of amides is 1. The van der Waals surface area contributed by atoms with Crippen molar-refractivity contribution in [3.63, 3.8) is 0 Å². The molecule has 2 aromatic carbocycles. The van der Waals surface area contributed by atoms with E-state index in [-0.39, 0.29) is 5.91 Å². The Kier molecular flexibility index (Phi) is 6.75. The highest BCUT2D eigenvalue weighted by Gasteiger charge is 2.10. The van der Waals surface area contributed by atoms with Crippen molar-refractivity contribution in [2.24, 2.45) is 0 Å². The molecule has 1 amide bonds. The van der Waals surface area contributed by atoms with Crippen LogP contribution >= 0.6 is 23.4 Å². The summed E-state index contributed by atoms with van der Waals surface area (Å²) in [7, 11) is -3.39. The lowest BCUT2D eigenvalue weighted by Crippen LogP contribution is -2.26. The molecule has 0 spiro atoms. The maximum Gasteiger partial charge on any atom is 0.251 e. The number of benzene rings is 2. The molecule has 0 bridgehead atoms. The molecule has 2 N–H and O–H groups in total. The number of carbonyl (C=O) groups excluding carboxylic acids is 1. The standard InChI is InChI=1S/C17H19ClN2O3S2/c1-12-3-4-13(11-16(12)20-25(2,22)23)17(21)19-9-10-24-15-7-5-14(18)6-8-15/h3-8,11,20H,9-10H2,1-2H3,(H,19,21). The van der Waals surface area contributed by atoms with Gasteiger partial charge in [0, 0.05) is 27.8 Å². The lowest BCUT2D eigenvalue weighted by molar-refractivity contribution is 0.0956. The highest BCUT2D eigenvalue weighted by Crippen LogP contribution is 2.20. The number of hydrogen-bond acceptors (Lipinski definition) is 4. The van der Waals surface area contributed by atoms with Crippen LogP contribution in [0.4, 0.5) is 5.69 Å². The van der Waals surface area contributed by atoms with E-state index in [0.29, 0.717) is 28.6 Å². The molecule has 0 unspecified atom stereocenters. The van der Waals surface area contributed by atoms with Crippen molar-refractivity contribution >= 4 is 45.0 Å². The van der Waals surface area contributed by atoms with E-state index in [1.54, 1.807) is 30.8 Å². The zero-order valence-corrected chi connectivity index (χ0v) is 16.3. The average Bonchev–Trinajstić information content (AvgIpc) is 2.54. The third-order valence-electron chi connectivity index (χ3n) is 3.27. The summed E-state index contributed by atoms with van der Waals surface area (Å²) in [6, 6.07) is 12.4. The van der Waals surface area contributed by atoms with Gasteiger partial charge in [-0.25, -0.2) is 8.42 Å². The summed E-state index contributed by atoms with van der Waals surface area (Å²) in [6.45, 7) is 2.27. The van der Waals surface area contributed by atoms with Gasteiger partial charge in [0.2, 0.25) is 10.0 Å². The summed E-state index contributed by atoms with van der Waals surface area (Å²) in [5, 5.41) is 3.52. The number of thioether (sulfide) groups is 1. The zero-order valence-electron chi connectivity index (χ0n) is 13.9. The van der Waals surface area contributed by atoms with Crippen LogP contribution in [0.3, 0.4) is 0 Å². The SMILES string of the molecule is Cc1ccc(C(=O)NCCSc2ccc(Cl)cc2)cc1NS(C)(=O)=O. The van der Waals surface area contributed by atoms with Gasteiger partial charge in [0.15, 0.2) is 0 Å². The van der Waals surface area contributed by atoms with E-state index in [9.17, 15) is 13.2 Å². The van der Waals surface area contributed by atoms with Crippen molar-refractivity contribution in [3.8, 4) is 0 Å². The first-order valence-electron chi connectivity index (χ1n) is 7.49. The molecule has 0 atom stereocenters. The molecule has 0 aromatic heterocycles. The van der Waals surface area contributed by atoms with Crippen molar-refractivity contribution in [1.29, 1.82) is 0 Å². The topological polar surface area (TPSA) is 75.3 Å². The molecule has 2 aromatic rings. The Balaban J connectivity index is 1.90. The summed E-state index contributed by atoms with van der Waals surface area (Å²) < 4.78 is 25.2. The number of halogens is 1. The Morgan fingerprint density at radius 1 is 1.16 bits per heavy atom. The Hall–Kier alpha value is -1.70. The number of hydrogen-bond donors (Lipinski definition) is 2. The smallest absolute Gasteiger partial charge is 0.251 e. The number of rotatable bonds is 7. The largest absolute Gasteiger partial charge is 0.351 e. The van der Waals surface area contributed by atoms with Crippen molar-refractivity contribution in [2.45, 2.75) is 11.8 Å². The van der Waals surface area contributed by atoms with Gasteiger partial charge >= 0.3 is 0 Å². The maximum absolute atomic E-state index is 12.2. The van der Waals surface area contributed by atoms with Crippen LogP contribution in [0.2, 0.25) is 5.02 Å². The lowest BCUT2D eigenvalue weighted by atomic mass is 10.1. The van der Waals surface area contributed by atoms with Gasteiger partial charge in [-0.2, -0.15) is 0 Å². The van der Waals surface area contributed by atoms with Gasteiger partial charge in [-0.1, -0.05) is 17.7 Å². The molecular weight excluding hydrogens is 380 g/mol. The molecule has 5 nitrogen and oxygen atoms in total. The number of nitrogens with one attached hydrogen (secondary N) is 2. The number of anilines is 1. The average molecular weight is 399 g/mol. The second-order valence-corrected chi connectivity index (χ2v) is 8.82. The molecule has 2 rings (SSSR count). The Labute approximate surface area is 157 Å². The van der Waals surface area contributed by atoms with E-state index in [0.717, 1.165) is 16.7 Å². The second-order valence-electron chi connectivity index (χ2n) is 5.46. The second kappa shape index (κ2) is 8.60. The molecule has 0 saturated heterocycles. The first-order valence-corrected chi connectivity index (χ1v) is 10.7. The van der Waals surface area contributed by atoms with Crippen LogP contribution in [0.15, 0.2) is 47.4 Å². The van der Waals surface area contributed by atoms with Gasteiger partial charge in [0.1, 0.15) is 0 Å². The summed E-state index contributed by atoms with van der Waals surface area (Å²) in [5.74, 6) is 0.474. The van der Waals surface area contributed by atoms with Gasteiger partial charge in [-0.05, 0) is 48.9 Å². The minimum atomic E-state index is -3.39. The fraction of sp³-hybridized carbons (Fsp3) is 0.235. The van der Waals surface area contributed by atoms with Crippen molar-refractivity contribution in [2.75, 3.05) is 23.3 Å². The number of carbonyl (C=O) groups is 1. The van der Waals surface area contributed by atoms with Gasteiger partial charge < -0.3 is 5.32 Å². The fourth-order valence-corrected chi connectivity index (χ4v) is 3.55. The Morgan fingerprint density at radius 2 is 1.84 bits per heavy atom. The predicted molar refractivity (Wildman–Crippen MR) is 104 cm³/mol. The van der Waals surface area contributed by atoms with Gasteiger partial charge in [-0.3, -0.25) is 9.52 Å². The van der Waals surface area contributed by atoms with E-state index < -0.39 is 10.0 Å². The van der Waals surface area contributed by atoms with E-state index in [2.05, 4.69) is 10.0 Å². The summed E-state index contributed by atoms with van der Waals surface area (Å²) >= 11 is 7.45. The quantitative estimate of drug-likeness (QED) is 0.552. The molecule has 0 aliphatic carbocycles. The van der Waals surface area contributed by atoms with Crippen LogP contribution in [-0.4, -0.2) is 32.9 Å². The van der Waals surface area contributed by atoms with E-state index in [4.69, 9.17) is 11.6 Å². The van der Waals surface area contributed by atoms with Gasteiger partial charge in [0.05, 0.1) is 11.9 Å². The molecular formula is C17H19ClN2O3S2. The lowest BCUT2D eigenvalue weighted by Gasteiger charge is -2.10. The minimum Gasteiger partial charge on any atom is -0.351 e. The molecule has 0 aliphatic heterocycles. The fourth-order valence-electron chi connectivity index (χ4n) is 2.04. The number of aryl methyl sites for hydroxylation is 1. The minimum absolute atomic E-state index is 0.242. The molecule has 0 fully saturated rings. The van der Waals surface area contributed by atoms with Crippen molar-refractivity contribution < 1.29 is 13.2 Å². The number of sulfonamides is 1. The van der Waals surface area contributed by atoms with Crippen LogP contribution in [0.25, 0.3) is 0 Å². The molecule has 0 radical (unpaired) electrons. The highest BCUT2D eigenvalue weighted by atomic mass is 35.5. The maximum atomic E-state index is 12.2. The first-order chi connectivity index (χ1) is 11.7. The zero-order chi connectivity index (χ0) is 18.4. The molecule has 25 heavy (non-hydrogen) atoms. The highest BCUT2D eigenvalue weighted by molar-refractivity contribution is 7.99. The molecule has 0 saturated carbocycles. The Bertz CT molecular complexity index is 853.